The normalized spacial score (nSPS) is 22.6. The van der Waals surface area contributed by atoms with Crippen molar-refractivity contribution in [2.45, 2.75) is 50.2 Å². The number of anilines is 1. The number of hydrogen-bond donors (Lipinski definition) is 7. The molecule has 0 saturated carbocycles. The Morgan fingerprint density at radius 3 is 2.38 bits per heavy atom. The molecule has 20 heteroatoms. The predicted molar refractivity (Wildman–Crippen MR) is 175 cm³/mol. The van der Waals surface area contributed by atoms with E-state index in [0.29, 0.717) is 18.7 Å². The molecule has 5 unspecified atom stereocenters. The average molecular weight is 730 g/mol. The lowest BCUT2D eigenvalue weighted by molar-refractivity contribution is -0.651. The molecule has 0 spiro atoms. The molecule has 1 aromatic rings. The summed E-state index contributed by atoms with van der Waals surface area (Å²) < 4.78 is 24.1. The molecule has 19 nitrogen and oxygen atoms in total. The molecular weight excluding hydrogens is 683 g/mol. The van der Waals surface area contributed by atoms with Crippen LogP contribution in [0.4, 0.5) is 10.5 Å². The molecule has 3 rings (SSSR count). The summed E-state index contributed by atoms with van der Waals surface area (Å²) >= 11 is 0. The van der Waals surface area contributed by atoms with Crippen LogP contribution in [-0.2, 0) is 40.1 Å². The van der Waals surface area contributed by atoms with Crippen LogP contribution in [0.1, 0.15) is 19.8 Å². The third-order valence-corrected chi connectivity index (χ3v) is 7.68. The number of carboxylic acids is 1. The molecule has 276 valence electrons. The number of aliphatic hydroxyl groups is 3. The second-order valence-electron chi connectivity index (χ2n) is 11.5. The number of amides is 5. The summed E-state index contributed by atoms with van der Waals surface area (Å²) in [5.74, 6) is -4.00. The summed E-state index contributed by atoms with van der Waals surface area (Å²) in [6, 6.07) is 4.15. The van der Waals surface area contributed by atoms with E-state index >= 15 is 0 Å². The fourth-order valence-electron chi connectivity index (χ4n) is 4.63. The minimum absolute atomic E-state index is 0.0421. The molecule has 1 saturated heterocycles. The van der Waals surface area contributed by atoms with Crippen LogP contribution in [-0.4, -0.2) is 155 Å². The van der Waals surface area contributed by atoms with Crippen LogP contribution in [0.5, 0.6) is 5.75 Å². The van der Waals surface area contributed by atoms with Gasteiger partial charge in [-0.15, -0.1) is 0 Å². The summed E-state index contributed by atoms with van der Waals surface area (Å²) in [6.45, 7) is 0.457. The minimum Gasteiger partial charge on any atom is -0.479 e. The zero-order valence-corrected chi connectivity index (χ0v) is 28.6. The van der Waals surface area contributed by atoms with Crippen LogP contribution in [0.2, 0.25) is 0 Å². The lowest BCUT2D eigenvalue weighted by Crippen LogP contribution is -2.86. The molecule has 0 aromatic heterocycles. The number of nitrogens with zero attached hydrogens (tertiary/aromatic N) is 3. The van der Waals surface area contributed by atoms with Gasteiger partial charge in [-0.3, -0.25) is 29.0 Å². The topological polar surface area (TPSA) is 261 Å². The maximum absolute atomic E-state index is 12.9. The Kier molecular flexibility index (Phi) is 14.8. The van der Waals surface area contributed by atoms with E-state index in [1.807, 2.05) is 19.0 Å². The van der Waals surface area contributed by atoms with Crippen LogP contribution >= 0.6 is 9.24 Å². The van der Waals surface area contributed by atoms with Crippen molar-refractivity contribution in [2.75, 3.05) is 58.5 Å². The Hall–Kier alpha value is -4.23. The maximum Gasteiger partial charge on any atom is 0.414 e. The highest BCUT2D eigenvalue weighted by molar-refractivity contribution is 7.16. The Balaban J connectivity index is 1.71. The number of ether oxygens (including phenoxy) is 3. The van der Waals surface area contributed by atoms with Gasteiger partial charge in [0.25, 0.3) is 11.8 Å². The first-order valence-electron chi connectivity index (χ1n) is 16.0. The van der Waals surface area contributed by atoms with Crippen molar-refractivity contribution in [1.82, 2.24) is 20.0 Å². The first-order valence-corrected chi connectivity index (χ1v) is 16.1. The highest BCUT2D eigenvalue weighted by Crippen LogP contribution is 2.31. The van der Waals surface area contributed by atoms with Gasteiger partial charge in [-0.25, -0.2) is 9.59 Å². The SMILES string of the molecule is [3H]C(P)[NH2+]CN(CCN(C)C)C(=O)OCc1ccc(OC2OC(C(=O)O)C(O)[C@H](O)[C@@H]2O)c(NC(=O)CCNC(=O)CCN2C(=O)C=CC2=O)c1. The monoisotopic (exact) mass is 729 g/mol. The fourth-order valence-corrected chi connectivity index (χ4v) is 4.75. The second kappa shape index (κ2) is 19.2. The number of carbonyl (C=O) groups excluding carboxylic acids is 5. The van der Waals surface area contributed by atoms with Crippen molar-refractivity contribution in [3.63, 3.8) is 0 Å². The number of hydrogen-bond acceptors (Lipinski definition) is 13. The van der Waals surface area contributed by atoms with Crippen molar-refractivity contribution < 1.29 is 70.1 Å². The van der Waals surface area contributed by atoms with Gasteiger partial charge in [0.05, 0.1) is 13.3 Å². The van der Waals surface area contributed by atoms with E-state index in [4.69, 9.17) is 15.6 Å². The lowest BCUT2D eigenvalue weighted by Gasteiger charge is -2.38. The number of benzene rings is 1. The van der Waals surface area contributed by atoms with E-state index in [1.165, 1.54) is 23.1 Å². The average Bonchev–Trinajstić information content (AvgIpc) is 3.39. The van der Waals surface area contributed by atoms with Gasteiger partial charge >= 0.3 is 12.1 Å². The van der Waals surface area contributed by atoms with E-state index in [1.54, 1.807) is 5.32 Å². The molecule has 7 atom stereocenters. The number of quaternary nitrogens is 1. The molecule has 0 aliphatic carbocycles. The number of rotatable bonds is 18. The number of nitrogens with one attached hydrogen (secondary N) is 2. The van der Waals surface area contributed by atoms with Crippen LogP contribution < -0.4 is 20.7 Å². The third-order valence-electron chi connectivity index (χ3n) is 7.41. The van der Waals surface area contributed by atoms with Gasteiger partial charge < -0.3 is 55.5 Å². The Morgan fingerprint density at radius 2 is 1.74 bits per heavy atom. The standard InChI is InChI=1S/C30H43N6O13P/c1-34(2)11-12-35(15-31-16-50)30(46)47-14-17-3-4-19(48-29-26(43)24(41)25(42)27(49-29)28(44)45)18(13-17)33-21(38)7-9-32-20(37)8-10-36-22(39)5-6-23(36)40/h3-6,13,24-27,29,31,41-43H,7-12,14-16,50H2,1-2H3,(H,32,37)(H,33,38)(H,44,45)/p+1/t24-,25?,26-,27?,29?/m0/s1/i16T/t16?,24-,25?,26-,27?,29?. The molecule has 2 heterocycles. The molecule has 1 aromatic carbocycles. The number of aliphatic carboxylic acids is 1. The smallest absolute Gasteiger partial charge is 0.414 e. The molecule has 0 bridgehead atoms. The molecule has 2 aliphatic heterocycles. The highest BCUT2D eigenvalue weighted by atomic mass is 31.0. The number of likely N-dealkylation sites (N-methyl/N-ethyl adjacent to an activating group) is 1. The zero-order valence-electron chi connectivity index (χ0n) is 28.5. The zero-order chi connectivity index (χ0) is 37.8. The first kappa shape index (κ1) is 38.6. The van der Waals surface area contributed by atoms with E-state index in [9.17, 15) is 49.2 Å². The number of imide groups is 1. The molecular formula is C30H44N6O13P+. The van der Waals surface area contributed by atoms with Crippen LogP contribution in [0.15, 0.2) is 30.4 Å². The highest BCUT2D eigenvalue weighted by Gasteiger charge is 2.48. The van der Waals surface area contributed by atoms with Gasteiger partial charge in [-0.05, 0) is 31.8 Å². The molecule has 0 radical (unpaired) electrons. The molecule has 50 heavy (non-hydrogen) atoms. The van der Waals surface area contributed by atoms with Crippen molar-refractivity contribution in [3.05, 3.63) is 35.9 Å². The maximum atomic E-state index is 12.9. The van der Waals surface area contributed by atoms with Gasteiger partial charge in [-0.2, -0.15) is 0 Å². The number of aliphatic hydroxyl groups excluding tert-OH is 3. The van der Waals surface area contributed by atoms with Crippen LogP contribution in [0, 0.1) is 0 Å². The predicted octanol–water partition coefficient (Wildman–Crippen LogP) is -3.43. The van der Waals surface area contributed by atoms with Crippen molar-refractivity contribution in [2.24, 2.45) is 0 Å². The van der Waals surface area contributed by atoms with E-state index in [2.05, 4.69) is 19.9 Å². The molecule has 8 N–H and O–H groups in total. The van der Waals surface area contributed by atoms with Gasteiger partial charge in [0.2, 0.25) is 18.1 Å². The van der Waals surface area contributed by atoms with Crippen molar-refractivity contribution >= 4 is 50.6 Å². The lowest BCUT2D eigenvalue weighted by atomic mass is 9.99. The second-order valence-corrected chi connectivity index (χ2v) is 11.9. The van der Waals surface area contributed by atoms with E-state index in [0.717, 1.165) is 17.1 Å². The summed E-state index contributed by atoms with van der Waals surface area (Å²) in [5, 5.41) is 46.8. The molecule has 1 fully saturated rings. The minimum atomic E-state index is -1.96. The van der Waals surface area contributed by atoms with Crippen molar-refractivity contribution in [1.29, 1.82) is 0 Å². The third kappa shape index (κ3) is 11.7. The molecule has 2 aliphatic rings. The Morgan fingerprint density at radius 1 is 1.04 bits per heavy atom. The van der Waals surface area contributed by atoms with Crippen LogP contribution in [0.3, 0.4) is 0 Å². The van der Waals surface area contributed by atoms with Crippen molar-refractivity contribution in [3.8, 4) is 5.75 Å². The molecule has 5 amide bonds. The summed E-state index contributed by atoms with van der Waals surface area (Å²) in [5.41, 5.74) is 0.323. The van der Waals surface area contributed by atoms with Gasteiger partial charge in [-0.1, -0.05) is 15.3 Å². The van der Waals surface area contributed by atoms with Gasteiger partial charge in [0, 0.05) is 51.2 Å². The Bertz CT molecular complexity index is 1440. The number of carbonyl (C=O) groups is 6. The summed E-state index contributed by atoms with van der Waals surface area (Å²) in [7, 11) is 5.97. The number of nitrogens with two attached hydrogens (primary N) is 1. The van der Waals surface area contributed by atoms with Gasteiger partial charge in [0.15, 0.2) is 12.8 Å². The van der Waals surface area contributed by atoms with Gasteiger partial charge in [0.1, 0.15) is 30.7 Å². The first-order chi connectivity index (χ1) is 24.1. The fraction of sp³-hybridized carbons (Fsp3) is 0.533. The quantitative estimate of drug-likeness (QED) is 0.0441. The van der Waals surface area contributed by atoms with E-state index < -0.39 is 72.7 Å². The van der Waals surface area contributed by atoms with Crippen LogP contribution in [0.25, 0.3) is 0 Å². The Labute approximate surface area is 291 Å². The number of carboxylic acid groups (broad SMARTS) is 1. The largest absolute Gasteiger partial charge is 0.479 e. The van der Waals surface area contributed by atoms with E-state index in [-0.39, 0.29) is 50.6 Å². The summed E-state index contributed by atoms with van der Waals surface area (Å²) in [6.07, 6.45) is -9.08. The summed E-state index contributed by atoms with van der Waals surface area (Å²) in [4.78, 5) is 77.2.